The van der Waals surface area contributed by atoms with Gasteiger partial charge in [-0.25, -0.2) is 0 Å². The summed E-state index contributed by atoms with van der Waals surface area (Å²) in [5.74, 6) is 0.0711. The van der Waals surface area contributed by atoms with Gasteiger partial charge in [-0.2, -0.15) is 0 Å². The summed E-state index contributed by atoms with van der Waals surface area (Å²) in [5.41, 5.74) is 0. The standard InChI is InChI=1S/C15H26N2O2/c1-11-8-12(9-17(11)13-6-7-13)16-15(18)10-19-14-4-2-3-5-14/h11-14H,2-10H2,1H3,(H,16,18)/t11-,12-/m0/s1. The van der Waals surface area contributed by atoms with E-state index in [0.29, 0.717) is 18.2 Å². The van der Waals surface area contributed by atoms with E-state index in [1.165, 1.54) is 25.7 Å². The molecule has 0 bridgehead atoms. The van der Waals surface area contributed by atoms with Crippen LogP contribution in [0.3, 0.4) is 0 Å². The number of hydrogen-bond acceptors (Lipinski definition) is 3. The summed E-state index contributed by atoms with van der Waals surface area (Å²) in [6.07, 6.45) is 8.87. The van der Waals surface area contributed by atoms with Gasteiger partial charge < -0.3 is 10.1 Å². The molecule has 1 heterocycles. The van der Waals surface area contributed by atoms with E-state index in [-0.39, 0.29) is 12.5 Å². The molecule has 0 radical (unpaired) electrons. The van der Waals surface area contributed by atoms with Crippen LogP contribution in [0.2, 0.25) is 0 Å². The maximum atomic E-state index is 11.9. The number of ether oxygens (including phenoxy) is 1. The van der Waals surface area contributed by atoms with E-state index in [1.807, 2.05) is 0 Å². The van der Waals surface area contributed by atoms with Crippen LogP contribution in [0.5, 0.6) is 0 Å². The fraction of sp³-hybridized carbons (Fsp3) is 0.933. The smallest absolute Gasteiger partial charge is 0.246 e. The fourth-order valence-electron chi connectivity index (χ4n) is 3.59. The zero-order valence-electron chi connectivity index (χ0n) is 11.9. The van der Waals surface area contributed by atoms with E-state index in [1.54, 1.807) is 0 Å². The Morgan fingerprint density at radius 3 is 2.68 bits per heavy atom. The van der Waals surface area contributed by atoms with Gasteiger partial charge in [0.1, 0.15) is 6.61 Å². The van der Waals surface area contributed by atoms with Gasteiger partial charge >= 0.3 is 0 Å². The molecule has 1 aliphatic heterocycles. The van der Waals surface area contributed by atoms with Gasteiger partial charge in [0, 0.05) is 24.7 Å². The molecule has 3 aliphatic rings. The van der Waals surface area contributed by atoms with Crippen molar-refractivity contribution in [1.29, 1.82) is 0 Å². The van der Waals surface area contributed by atoms with Crippen LogP contribution in [0.25, 0.3) is 0 Å². The zero-order chi connectivity index (χ0) is 13.2. The van der Waals surface area contributed by atoms with Crippen LogP contribution >= 0.6 is 0 Å². The van der Waals surface area contributed by atoms with Gasteiger partial charge in [0.15, 0.2) is 0 Å². The van der Waals surface area contributed by atoms with Crippen LogP contribution in [-0.2, 0) is 9.53 Å². The Labute approximate surface area is 115 Å². The number of hydrogen-bond donors (Lipinski definition) is 1. The monoisotopic (exact) mass is 266 g/mol. The van der Waals surface area contributed by atoms with Gasteiger partial charge in [-0.15, -0.1) is 0 Å². The normalized spacial score (nSPS) is 32.9. The average molecular weight is 266 g/mol. The molecule has 19 heavy (non-hydrogen) atoms. The van der Waals surface area contributed by atoms with Crippen molar-refractivity contribution < 1.29 is 9.53 Å². The highest BCUT2D eigenvalue weighted by Gasteiger charge is 2.39. The topological polar surface area (TPSA) is 41.6 Å². The van der Waals surface area contributed by atoms with Gasteiger partial charge in [0.05, 0.1) is 6.10 Å². The summed E-state index contributed by atoms with van der Waals surface area (Å²) in [4.78, 5) is 14.5. The van der Waals surface area contributed by atoms with Crippen LogP contribution < -0.4 is 5.32 Å². The van der Waals surface area contributed by atoms with Crippen molar-refractivity contribution in [3.63, 3.8) is 0 Å². The minimum absolute atomic E-state index is 0.0711. The molecule has 3 rings (SSSR count). The molecule has 1 N–H and O–H groups in total. The number of nitrogens with one attached hydrogen (secondary N) is 1. The van der Waals surface area contributed by atoms with Crippen LogP contribution in [-0.4, -0.2) is 48.2 Å². The van der Waals surface area contributed by atoms with Gasteiger partial charge in [-0.05, 0) is 39.0 Å². The van der Waals surface area contributed by atoms with Gasteiger partial charge in [0.2, 0.25) is 5.91 Å². The van der Waals surface area contributed by atoms with E-state index < -0.39 is 0 Å². The van der Waals surface area contributed by atoms with Gasteiger partial charge in [0.25, 0.3) is 0 Å². The summed E-state index contributed by atoms with van der Waals surface area (Å²) in [6.45, 7) is 3.56. The number of likely N-dealkylation sites (tertiary alicyclic amines) is 1. The summed E-state index contributed by atoms with van der Waals surface area (Å²) in [7, 11) is 0. The van der Waals surface area contributed by atoms with Crippen molar-refractivity contribution in [2.75, 3.05) is 13.2 Å². The molecule has 0 aromatic carbocycles. The number of rotatable bonds is 5. The lowest BCUT2D eigenvalue weighted by Gasteiger charge is -2.19. The number of carbonyl (C=O) groups is 1. The molecular weight excluding hydrogens is 240 g/mol. The van der Waals surface area contributed by atoms with Crippen LogP contribution in [0.1, 0.15) is 51.9 Å². The minimum atomic E-state index is 0.0711. The van der Waals surface area contributed by atoms with Crippen molar-refractivity contribution in [3.05, 3.63) is 0 Å². The number of carbonyl (C=O) groups excluding carboxylic acids is 1. The Bertz CT molecular complexity index is 324. The van der Waals surface area contributed by atoms with E-state index in [4.69, 9.17) is 4.74 Å². The van der Waals surface area contributed by atoms with Crippen molar-refractivity contribution in [1.82, 2.24) is 10.2 Å². The van der Waals surface area contributed by atoms with Crippen LogP contribution in [0.15, 0.2) is 0 Å². The molecule has 0 aromatic rings. The highest BCUT2D eigenvalue weighted by atomic mass is 16.5. The largest absolute Gasteiger partial charge is 0.368 e. The quantitative estimate of drug-likeness (QED) is 0.823. The molecule has 0 spiro atoms. The second-order valence-corrected chi connectivity index (χ2v) is 6.49. The van der Waals surface area contributed by atoms with Crippen molar-refractivity contribution in [2.24, 2.45) is 0 Å². The Kier molecular flexibility index (Phi) is 4.08. The van der Waals surface area contributed by atoms with E-state index >= 15 is 0 Å². The third-order valence-electron chi connectivity index (χ3n) is 4.76. The first kappa shape index (κ1) is 13.4. The van der Waals surface area contributed by atoms with E-state index in [9.17, 15) is 4.79 Å². The first-order valence-electron chi connectivity index (χ1n) is 7.89. The molecule has 1 amide bonds. The Hall–Kier alpha value is -0.610. The zero-order valence-corrected chi connectivity index (χ0v) is 11.9. The molecule has 2 aliphatic carbocycles. The molecule has 0 aromatic heterocycles. The SMILES string of the molecule is C[C@H]1C[C@H](NC(=O)COC2CCCC2)CN1C1CC1. The van der Waals surface area contributed by atoms with Crippen molar-refractivity contribution in [3.8, 4) is 0 Å². The summed E-state index contributed by atoms with van der Waals surface area (Å²) < 4.78 is 5.66. The fourth-order valence-corrected chi connectivity index (χ4v) is 3.59. The first-order valence-corrected chi connectivity index (χ1v) is 7.89. The highest BCUT2D eigenvalue weighted by Crippen LogP contribution is 2.33. The third kappa shape index (κ3) is 3.48. The Balaban J connectivity index is 1.37. The van der Waals surface area contributed by atoms with Crippen LogP contribution in [0, 0.1) is 0 Å². The molecule has 1 saturated heterocycles. The Morgan fingerprint density at radius 2 is 2.00 bits per heavy atom. The molecular formula is C15H26N2O2. The van der Waals surface area contributed by atoms with E-state index in [2.05, 4.69) is 17.1 Å². The lowest BCUT2D eigenvalue weighted by atomic mass is 10.2. The lowest BCUT2D eigenvalue weighted by Crippen LogP contribution is -2.40. The molecule has 3 fully saturated rings. The number of amides is 1. The number of nitrogens with zero attached hydrogens (tertiary/aromatic N) is 1. The molecule has 108 valence electrons. The molecule has 4 heteroatoms. The lowest BCUT2D eigenvalue weighted by molar-refractivity contribution is -0.128. The van der Waals surface area contributed by atoms with Gasteiger partial charge in [-0.3, -0.25) is 9.69 Å². The molecule has 4 nitrogen and oxygen atoms in total. The molecule has 2 saturated carbocycles. The second-order valence-electron chi connectivity index (χ2n) is 6.49. The highest BCUT2D eigenvalue weighted by molar-refractivity contribution is 5.77. The minimum Gasteiger partial charge on any atom is -0.368 e. The summed E-state index contributed by atoms with van der Waals surface area (Å²) in [5, 5.41) is 3.14. The predicted molar refractivity (Wildman–Crippen MR) is 73.9 cm³/mol. The van der Waals surface area contributed by atoms with Crippen molar-refractivity contribution in [2.45, 2.75) is 76.1 Å². The van der Waals surface area contributed by atoms with Crippen molar-refractivity contribution >= 4 is 5.91 Å². The van der Waals surface area contributed by atoms with Crippen LogP contribution in [0.4, 0.5) is 0 Å². The predicted octanol–water partition coefficient (Wildman–Crippen LogP) is 1.69. The summed E-state index contributed by atoms with van der Waals surface area (Å²) in [6, 6.07) is 1.75. The van der Waals surface area contributed by atoms with Gasteiger partial charge in [-0.1, -0.05) is 12.8 Å². The third-order valence-corrected chi connectivity index (χ3v) is 4.76. The first-order chi connectivity index (χ1) is 9.22. The maximum Gasteiger partial charge on any atom is 0.246 e. The Morgan fingerprint density at radius 1 is 1.26 bits per heavy atom. The molecule has 0 unspecified atom stereocenters. The molecule has 2 atom stereocenters. The summed E-state index contributed by atoms with van der Waals surface area (Å²) >= 11 is 0. The maximum absolute atomic E-state index is 11.9. The second kappa shape index (κ2) is 5.80. The van der Waals surface area contributed by atoms with E-state index in [0.717, 1.165) is 31.8 Å². The average Bonchev–Trinajstić information content (AvgIpc) is 2.96.